The molecular formula is C35H34N+. The molecule has 0 saturated heterocycles. The summed E-state index contributed by atoms with van der Waals surface area (Å²) in [7, 11) is 2.13. The SMILES string of the molecule is [2H]C1(c2c[n+](C)c(-c3ccccc3C)cc2-c2ccc3cc(-c4ccccc4)ccc3c2)CCCCC1. The predicted molar refractivity (Wildman–Crippen MR) is 152 cm³/mol. The molecule has 1 aliphatic rings. The molecule has 0 N–H and O–H groups in total. The summed E-state index contributed by atoms with van der Waals surface area (Å²) in [6.45, 7) is 2.18. The normalized spacial score (nSPS) is 15.6. The van der Waals surface area contributed by atoms with E-state index in [0.29, 0.717) is 0 Å². The average Bonchev–Trinajstić information content (AvgIpc) is 2.94. The summed E-state index contributed by atoms with van der Waals surface area (Å²) in [5.41, 5.74) is 9.73. The summed E-state index contributed by atoms with van der Waals surface area (Å²) >= 11 is 0. The Balaban J connectivity index is 1.52. The third-order valence-electron chi connectivity index (χ3n) is 7.79. The first kappa shape index (κ1) is 21.6. The van der Waals surface area contributed by atoms with E-state index in [-0.39, 0.29) is 0 Å². The van der Waals surface area contributed by atoms with Gasteiger partial charge in [-0.2, -0.15) is 0 Å². The van der Waals surface area contributed by atoms with Gasteiger partial charge in [0.05, 0.1) is 0 Å². The van der Waals surface area contributed by atoms with Gasteiger partial charge in [-0.05, 0) is 82.4 Å². The van der Waals surface area contributed by atoms with Gasteiger partial charge in [0.1, 0.15) is 7.05 Å². The zero-order valence-electron chi connectivity index (χ0n) is 22.3. The summed E-state index contributed by atoms with van der Waals surface area (Å²) < 4.78 is 11.8. The van der Waals surface area contributed by atoms with Crippen LogP contribution in [0.2, 0.25) is 0 Å². The van der Waals surface area contributed by atoms with Crippen LogP contribution in [-0.2, 0) is 7.05 Å². The largest absolute Gasteiger partial charge is 0.213 e. The van der Waals surface area contributed by atoms with Crippen LogP contribution in [0.25, 0.3) is 44.3 Å². The number of pyridine rings is 1. The summed E-state index contributed by atoms with van der Waals surface area (Å²) in [5, 5.41) is 2.47. The van der Waals surface area contributed by atoms with Crippen molar-refractivity contribution in [2.24, 2.45) is 7.05 Å². The molecule has 4 aromatic carbocycles. The molecule has 178 valence electrons. The lowest BCUT2D eigenvalue weighted by atomic mass is 9.81. The molecule has 5 aromatic rings. The highest BCUT2D eigenvalue weighted by Crippen LogP contribution is 2.40. The first-order valence-electron chi connectivity index (χ1n) is 13.7. The first-order valence-corrected chi connectivity index (χ1v) is 13.2. The molecule has 1 heteroatoms. The minimum atomic E-state index is -0.540. The van der Waals surface area contributed by atoms with E-state index in [1.165, 1.54) is 56.3 Å². The standard InChI is InChI=1S/C35H34N/c1-25-11-9-10-16-32(25)35-23-33(34(24-36(35)2)27-14-7-4-8-15-27)31-20-19-29-21-28(17-18-30(29)22-31)26-12-5-3-6-13-26/h3,5-6,9-13,16-24,27H,4,7-8,14-15H2,1-2H3/q+1/i27D. The quantitative estimate of drug-likeness (QED) is 0.231. The van der Waals surface area contributed by atoms with E-state index in [1.54, 1.807) is 0 Å². The molecule has 0 radical (unpaired) electrons. The summed E-state index contributed by atoms with van der Waals surface area (Å²) in [6.07, 6.45) is 7.61. The molecule has 6 rings (SSSR count). The van der Waals surface area contributed by atoms with Crippen LogP contribution in [0.5, 0.6) is 0 Å². The fraction of sp³-hybridized carbons (Fsp3) is 0.229. The van der Waals surface area contributed by atoms with Gasteiger partial charge in [0.25, 0.3) is 0 Å². The van der Waals surface area contributed by atoms with Crippen molar-refractivity contribution in [3.8, 4) is 33.5 Å². The summed E-state index contributed by atoms with van der Waals surface area (Å²) in [4.78, 5) is 0. The van der Waals surface area contributed by atoms with Gasteiger partial charge in [0, 0.05) is 18.6 Å². The maximum absolute atomic E-state index is 9.54. The zero-order valence-corrected chi connectivity index (χ0v) is 21.3. The van der Waals surface area contributed by atoms with Crippen LogP contribution in [0.4, 0.5) is 0 Å². The topological polar surface area (TPSA) is 3.88 Å². The van der Waals surface area contributed by atoms with Gasteiger partial charge in [0.2, 0.25) is 5.69 Å². The van der Waals surface area contributed by atoms with Crippen LogP contribution in [0.3, 0.4) is 0 Å². The van der Waals surface area contributed by atoms with Crippen molar-refractivity contribution in [3.05, 3.63) is 114 Å². The van der Waals surface area contributed by atoms with Crippen LogP contribution in [0, 0.1) is 6.92 Å². The third kappa shape index (κ3) is 4.35. The van der Waals surface area contributed by atoms with Gasteiger partial charge in [-0.1, -0.05) is 92.1 Å². The van der Waals surface area contributed by atoms with Crippen molar-refractivity contribution in [2.75, 3.05) is 0 Å². The highest BCUT2D eigenvalue weighted by Gasteiger charge is 2.25. The second-order valence-corrected chi connectivity index (χ2v) is 10.2. The van der Waals surface area contributed by atoms with Gasteiger partial charge >= 0.3 is 0 Å². The monoisotopic (exact) mass is 469 g/mol. The molecule has 1 aliphatic carbocycles. The maximum atomic E-state index is 9.54. The molecule has 0 spiro atoms. The molecule has 0 unspecified atom stereocenters. The van der Waals surface area contributed by atoms with Gasteiger partial charge in [0.15, 0.2) is 6.20 Å². The summed E-state index contributed by atoms with van der Waals surface area (Å²) in [6, 6.07) is 35.1. The van der Waals surface area contributed by atoms with E-state index >= 15 is 0 Å². The van der Waals surface area contributed by atoms with Gasteiger partial charge in [-0.25, -0.2) is 4.57 Å². The van der Waals surface area contributed by atoms with Crippen LogP contribution in [0.1, 0.15) is 50.5 Å². The van der Waals surface area contributed by atoms with Crippen LogP contribution in [0.15, 0.2) is 103 Å². The lowest BCUT2D eigenvalue weighted by molar-refractivity contribution is -0.660. The lowest BCUT2D eigenvalue weighted by Gasteiger charge is -2.24. The molecule has 1 heterocycles. The van der Waals surface area contributed by atoms with E-state index in [9.17, 15) is 1.37 Å². The average molecular weight is 470 g/mol. The fourth-order valence-corrected chi connectivity index (χ4v) is 5.77. The van der Waals surface area contributed by atoms with E-state index in [2.05, 4.69) is 122 Å². The summed E-state index contributed by atoms with van der Waals surface area (Å²) in [5.74, 6) is -0.540. The lowest BCUT2D eigenvalue weighted by Crippen LogP contribution is -2.32. The number of nitrogens with zero attached hydrogens (tertiary/aromatic N) is 1. The van der Waals surface area contributed by atoms with Gasteiger partial charge < -0.3 is 0 Å². The van der Waals surface area contributed by atoms with Gasteiger partial charge in [-0.15, -0.1) is 0 Å². The molecule has 0 bridgehead atoms. The number of benzene rings is 4. The third-order valence-corrected chi connectivity index (χ3v) is 7.79. The Hall–Kier alpha value is -3.71. The van der Waals surface area contributed by atoms with E-state index in [4.69, 9.17) is 0 Å². The predicted octanol–water partition coefficient (Wildman–Crippen LogP) is 9.02. The molecule has 1 nitrogen and oxygen atoms in total. The first-order chi connectivity index (χ1) is 18.0. The molecule has 1 saturated carbocycles. The Morgan fingerprint density at radius 2 is 1.33 bits per heavy atom. The Labute approximate surface area is 216 Å². The molecular weight excluding hydrogens is 434 g/mol. The Kier molecular flexibility index (Phi) is 5.83. The van der Waals surface area contributed by atoms with Gasteiger partial charge in [-0.3, -0.25) is 0 Å². The number of aryl methyl sites for hydroxylation is 2. The molecule has 36 heavy (non-hydrogen) atoms. The van der Waals surface area contributed by atoms with Crippen molar-refractivity contribution >= 4 is 10.8 Å². The number of rotatable bonds is 4. The van der Waals surface area contributed by atoms with Crippen molar-refractivity contribution in [3.63, 3.8) is 0 Å². The maximum Gasteiger partial charge on any atom is 0.213 e. The highest BCUT2D eigenvalue weighted by molar-refractivity contribution is 5.91. The number of hydrogen-bond acceptors (Lipinski definition) is 0. The second-order valence-electron chi connectivity index (χ2n) is 10.2. The van der Waals surface area contributed by atoms with Crippen molar-refractivity contribution in [1.29, 1.82) is 0 Å². The van der Waals surface area contributed by atoms with E-state index < -0.39 is 5.89 Å². The molecule has 1 fully saturated rings. The van der Waals surface area contributed by atoms with E-state index in [0.717, 1.165) is 31.2 Å². The van der Waals surface area contributed by atoms with Crippen LogP contribution < -0.4 is 4.57 Å². The minimum absolute atomic E-state index is 0.540. The Bertz CT molecular complexity index is 1580. The smallest absolute Gasteiger partial charge is 0.201 e. The fourth-order valence-electron chi connectivity index (χ4n) is 5.77. The molecule has 1 aromatic heterocycles. The number of fused-ring (bicyclic) bond motifs is 1. The number of hydrogen-bond donors (Lipinski definition) is 0. The number of aromatic nitrogens is 1. The Morgan fingerprint density at radius 1 is 0.667 bits per heavy atom. The molecule has 0 amide bonds. The molecule has 0 aliphatic heterocycles. The highest BCUT2D eigenvalue weighted by atomic mass is 14.9. The van der Waals surface area contributed by atoms with Crippen molar-refractivity contribution < 1.29 is 5.94 Å². The second kappa shape index (κ2) is 9.74. The van der Waals surface area contributed by atoms with E-state index in [1.807, 2.05) is 0 Å². The van der Waals surface area contributed by atoms with Crippen LogP contribution in [-0.4, -0.2) is 0 Å². The Morgan fingerprint density at radius 3 is 2.08 bits per heavy atom. The molecule has 0 atom stereocenters. The van der Waals surface area contributed by atoms with Crippen molar-refractivity contribution in [2.45, 2.75) is 44.9 Å². The van der Waals surface area contributed by atoms with Crippen LogP contribution >= 0.6 is 0 Å². The van der Waals surface area contributed by atoms with Crippen molar-refractivity contribution in [1.82, 2.24) is 0 Å². The zero-order chi connectivity index (χ0) is 25.4. The minimum Gasteiger partial charge on any atom is -0.201 e.